The Balaban J connectivity index is 1.18. The van der Waals surface area contributed by atoms with Crippen molar-refractivity contribution in [1.82, 2.24) is 19.9 Å². The fourth-order valence-electron chi connectivity index (χ4n) is 8.17. The first-order chi connectivity index (χ1) is 27.8. The standard InChI is InChI=1S/C50H32N6/c1-5-17-33(18-6-1)55(34-19-7-2-8-20-34)49-51-31-45-43-29-42-38-26-14-16-28-40(38)48-46(44(42)30-41(43)37-25-13-15-27-39(37)47(45)53-49)32-52-50(54-48)56(35-21-9-3-10-22-35)36-23-11-4-12-24-36/h1-32H. The van der Waals surface area contributed by atoms with Crippen LogP contribution in [0.15, 0.2) is 194 Å². The van der Waals surface area contributed by atoms with Crippen LogP contribution in [0.3, 0.4) is 0 Å². The van der Waals surface area contributed by atoms with E-state index >= 15 is 0 Å². The molecule has 0 N–H and O–H groups in total. The van der Waals surface area contributed by atoms with Gasteiger partial charge in [-0.05, 0) is 93.0 Å². The second-order valence-electron chi connectivity index (χ2n) is 13.9. The summed E-state index contributed by atoms with van der Waals surface area (Å²) in [5.41, 5.74) is 5.80. The van der Waals surface area contributed by atoms with Gasteiger partial charge in [0, 0.05) is 56.7 Å². The van der Waals surface area contributed by atoms with Crippen molar-refractivity contribution in [1.29, 1.82) is 0 Å². The molecule has 2 heterocycles. The quantitative estimate of drug-likeness (QED) is 0.126. The Morgan fingerprint density at radius 3 is 0.893 bits per heavy atom. The molecular weight excluding hydrogens is 685 g/mol. The topological polar surface area (TPSA) is 58.0 Å². The molecule has 0 aliphatic rings. The molecule has 0 amide bonds. The van der Waals surface area contributed by atoms with E-state index in [1.54, 1.807) is 0 Å². The van der Waals surface area contributed by atoms with Crippen molar-refractivity contribution in [2.24, 2.45) is 0 Å². The molecule has 262 valence electrons. The predicted molar refractivity (Wildman–Crippen MR) is 232 cm³/mol. The molecule has 2 aromatic heterocycles. The SMILES string of the molecule is c1ccc(N(c2ccccc2)c2ncc3c4cc5c6ccccc6c6nc(N(c7ccccc7)c7ccccc7)ncc6c5cc4c4ccccc4c3n2)cc1. The number of rotatable bonds is 6. The molecule has 0 radical (unpaired) electrons. The fraction of sp³-hybridized carbons (Fsp3) is 0. The van der Waals surface area contributed by atoms with Crippen LogP contribution in [0.25, 0.3) is 64.9 Å². The molecule has 11 aromatic rings. The lowest BCUT2D eigenvalue weighted by Gasteiger charge is -2.24. The number of hydrogen-bond acceptors (Lipinski definition) is 6. The Morgan fingerprint density at radius 2 is 0.554 bits per heavy atom. The number of fused-ring (bicyclic) bond motifs is 12. The molecule has 11 rings (SSSR count). The van der Waals surface area contributed by atoms with Gasteiger partial charge in [-0.2, -0.15) is 0 Å². The van der Waals surface area contributed by atoms with Crippen molar-refractivity contribution in [3.05, 3.63) is 194 Å². The molecule has 56 heavy (non-hydrogen) atoms. The normalized spacial score (nSPS) is 11.6. The maximum atomic E-state index is 5.37. The van der Waals surface area contributed by atoms with E-state index in [1.807, 2.05) is 85.2 Å². The average molecular weight is 717 g/mol. The van der Waals surface area contributed by atoms with Gasteiger partial charge < -0.3 is 0 Å². The van der Waals surface area contributed by atoms with E-state index in [0.29, 0.717) is 11.9 Å². The third-order valence-corrected chi connectivity index (χ3v) is 10.7. The van der Waals surface area contributed by atoms with Gasteiger partial charge in [0.2, 0.25) is 11.9 Å². The number of aromatic nitrogens is 4. The zero-order chi connectivity index (χ0) is 37.0. The maximum absolute atomic E-state index is 5.37. The van der Waals surface area contributed by atoms with Gasteiger partial charge in [0.15, 0.2) is 0 Å². The summed E-state index contributed by atoms with van der Waals surface area (Å²) in [6.45, 7) is 0. The molecule has 0 atom stereocenters. The largest absolute Gasteiger partial charge is 0.279 e. The van der Waals surface area contributed by atoms with Crippen molar-refractivity contribution in [2.45, 2.75) is 0 Å². The fourth-order valence-corrected chi connectivity index (χ4v) is 8.17. The highest BCUT2D eigenvalue weighted by Gasteiger charge is 2.21. The molecule has 6 nitrogen and oxygen atoms in total. The van der Waals surface area contributed by atoms with Crippen LogP contribution in [-0.4, -0.2) is 19.9 Å². The van der Waals surface area contributed by atoms with Crippen molar-refractivity contribution in [3.8, 4) is 0 Å². The summed E-state index contributed by atoms with van der Waals surface area (Å²) in [5, 5.41) is 10.9. The Bertz CT molecular complexity index is 2950. The first-order valence-corrected chi connectivity index (χ1v) is 18.7. The summed E-state index contributed by atoms with van der Waals surface area (Å²) in [6.07, 6.45) is 4.00. The summed E-state index contributed by atoms with van der Waals surface area (Å²) in [7, 11) is 0. The van der Waals surface area contributed by atoms with Gasteiger partial charge in [-0.1, -0.05) is 121 Å². The third kappa shape index (κ3) is 5.11. The summed E-state index contributed by atoms with van der Waals surface area (Å²) in [6, 6.07) is 63.0. The van der Waals surface area contributed by atoms with E-state index in [0.717, 1.165) is 87.6 Å². The van der Waals surface area contributed by atoms with Crippen LogP contribution >= 0.6 is 0 Å². The zero-order valence-corrected chi connectivity index (χ0v) is 30.2. The molecular formula is C50H32N6. The van der Waals surface area contributed by atoms with Gasteiger partial charge in [0.05, 0.1) is 11.0 Å². The first-order valence-electron chi connectivity index (χ1n) is 18.7. The molecule has 0 spiro atoms. The molecule has 0 aliphatic carbocycles. The molecule has 0 saturated carbocycles. The number of hydrogen-bond donors (Lipinski definition) is 0. The second-order valence-corrected chi connectivity index (χ2v) is 13.9. The van der Waals surface area contributed by atoms with Crippen LogP contribution in [0.2, 0.25) is 0 Å². The Hall–Kier alpha value is -7.70. The van der Waals surface area contributed by atoms with Crippen LogP contribution in [0, 0.1) is 0 Å². The number of nitrogens with zero attached hydrogens (tertiary/aromatic N) is 6. The highest BCUT2D eigenvalue weighted by molar-refractivity contribution is 6.32. The smallest absolute Gasteiger partial charge is 0.235 e. The van der Waals surface area contributed by atoms with Crippen LogP contribution in [0.4, 0.5) is 34.6 Å². The zero-order valence-electron chi connectivity index (χ0n) is 30.2. The van der Waals surface area contributed by atoms with Gasteiger partial charge in [0.1, 0.15) is 0 Å². The summed E-state index contributed by atoms with van der Waals surface area (Å²) in [4.78, 5) is 25.1. The van der Waals surface area contributed by atoms with Crippen molar-refractivity contribution in [3.63, 3.8) is 0 Å². The molecule has 6 heteroatoms. The molecule has 0 saturated heterocycles. The highest BCUT2D eigenvalue weighted by Crippen LogP contribution is 2.43. The minimum Gasteiger partial charge on any atom is -0.279 e. The molecule has 0 aliphatic heterocycles. The third-order valence-electron chi connectivity index (χ3n) is 10.7. The minimum atomic E-state index is 0.615. The van der Waals surface area contributed by atoms with E-state index in [1.165, 1.54) is 0 Å². The first kappa shape index (κ1) is 31.8. The average Bonchev–Trinajstić information content (AvgIpc) is 3.28. The van der Waals surface area contributed by atoms with Crippen molar-refractivity contribution in [2.75, 3.05) is 9.80 Å². The Morgan fingerprint density at radius 1 is 0.268 bits per heavy atom. The Labute approximate surface area is 322 Å². The lowest BCUT2D eigenvalue weighted by atomic mass is 9.91. The number of anilines is 6. The van der Waals surface area contributed by atoms with Gasteiger partial charge in [0.25, 0.3) is 0 Å². The summed E-state index contributed by atoms with van der Waals surface area (Å²) >= 11 is 0. The van der Waals surface area contributed by atoms with Gasteiger partial charge >= 0.3 is 0 Å². The van der Waals surface area contributed by atoms with Gasteiger partial charge in [-0.3, -0.25) is 9.80 Å². The van der Waals surface area contributed by atoms with Crippen molar-refractivity contribution >= 4 is 99.5 Å². The maximum Gasteiger partial charge on any atom is 0.235 e. The van der Waals surface area contributed by atoms with Crippen LogP contribution in [0.5, 0.6) is 0 Å². The summed E-state index contributed by atoms with van der Waals surface area (Å²) < 4.78 is 0. The molecule has 9 aromatic carbocycles. The van der Waals surface area contributed by atoms with Crippen molar-refractivity contribution < 1.29 is 0 Å². The Kier molecular flexibility index (Phi) is 7.38. The molecule has 0 fully saturated rings. The lowest BCUT2D eigenvalue weighted by molar-refractivity contribution is 1.11. The monoisotopic (exact) mass is 716 g/mol. The van der Waals surface area contributed by atoms with Gasteiger partial charge in [-0.25, -0.2) is 19.9 Å². The second kappa shape index (κ2) is 13.0. The van der Waals surface area contributed by atoms with E-state index in [9.17, 15) is 0 Å². The van der Waals surface area contributed by atoms with Crippen LogP contribution < -0.4 is 9.80 Å². The summed E-state index contributed by atoms with van der Waals surface area (Å²) in [5.74, 6) is 1.23. The van der Waals surface area contributed by atoms with Crippen LogP contribution in [-0.2, 0) is 0 Å². The van der Waals surface area contributed by atoms with Gasteiger partial charge in [-0.15, -0.1) is 0 Å². The van der Waals surface area contributed by atoms with E-state index in [2.05, 4.69) is 119 Å². The number of para-hydroxylation sites is 4. The molecule has 0 bridgehead atoms. The molecule has 0 unspecified atom stereocenters. The van der Waals surface area contributed by atoms with E-state index in [4.69, 9.17) is 19.9 Å². The van der Waals surface area contributed by atoms with E-state index in [-0.39, 0.29) is 0 Å². The highest BCUT2D eigenvalue weighted by atomic mass is 15.3. The number of benzene rings is 9. The minimum absolute atomic E-state index is 0.615. The predicted octanol–water partition coefficient (Wildman–Crippen LogP) is 13.1. The lowest BCUT2D eigenvalue weighted by Crippen LogP contribution is -2.13. The van der Waals surface area contributed by atoms with E-state index < -0.39 is 0 Å². The van der Waals surface area contributed by atoms with Crippen LogP contribution in [0.1, 0.15) is 0 Å².